The number of carbonyl (C=O) groups excluding carboxylic acids is 2. The minimum Gasteiger partial charge on any atom is -0.459 e. The number of amides is 1. The zero-order valence-electron chi connectivity index (χ0n) is 20.7. The fourth-order valence-corrected chi connectivity index (χ4v) is 6.49. The minimum absolute atomic E-state index is 0.0170. The van der Waals surface area contributed by atoms with Crippen LogP contribution in [-0.2, 0) is 17.6 Å². The number of rotatable bonds is 5. The Hall–Kier alpha value is -2.86. The molecule has 202 valence electrons. The standard InChI is InChI=1S/C26H26BrF3N4O3S/c1-13(2)37-25(36)21-16-5-3-4-6-19(16)38-24(21)33-23(35)17-12-31-34-20(26(28,29)30)11-18(32-22(17)34)14-7-9-15(27)10-8-14/h7-10,12-13,18,20,32H,3-6,11H2,1-2H3,(H,33,35)/t18-,20-/m1/s1. The number of carbonyl (C=O) groups is 2. The SMILES string of the molecule is CC(C)OC(=O)c1c(NC(=O)c2cnn3c2N[C@@H](c2ccc(Br)cc2)C[C@@H]3C(F)(F)F)sc2c1CCCC2. The second-order valence-electron chi connectivity index (χ2n) is 9.72. The summed E-state index contributed by atoms with van der Waals surface area (Å²) in [4.78, 5) is 27.4. The summed E-state index contributed by atoms with van der Waals surface area (Å²) in [6, 6.07) is 4.41. The van der Waals surface area contributed by atoms with Gasteiger partial charge in [0.25, 0.3) is 5.91 Å². The highest BCUT2D eigenvalue weighted by molar-refractivity contribution is 9.10. The summed E-state index contributed by atoms with van der Waals surface area (Å²) in [5.74, 6) is -1.18. The molecular weight excluding hydrogens is 585 g/mol. The Kier molecular flexibility index (Phi) is 7.29. The van der Waals surface area contributed by atoms with Crippen LogP contribution in [0.4, 0.5) is 24.0 Å². The quantitative estimate of drug-likeness (QED) is 0.302. The number of ether oxygens (including phenoxy) is 1. The molecule has 0 saturated heterocycles. The molecule has 0 fully saturated rings. The van der Waals surface area contributed by atoms with Crippen LogP contribution < -0.4 is 10.6 Å². The maximum absolute atomic E-state index is 14.1. The first-order chi connectivity index (χ1) is 18.0. The van der Waals surface area contributed by atoms with Gasteiger partial charge in [0.05, 0.1) is 23.9 Å². The highest BCUT2D eigenvalue weighted by Crippen LogP contribution is 2.45. The van der Waals surface area contributed by atoms with Crippen molar-refractivity contribution in [3.63, 3.8) is 0 Å². The molecule has 0 spiro atoms. The molecule has 0 radical (unpaired) electrons. The van der Waals surface area contributed by atoms with Gasteiger partial charge in [0.1, 0.15) is 16.4 Å². The molecule has 7 nitrogen and oxygen atoms in total. The lowest BCUT2D eigenvalue weighted by Crippen LogP contribution is -2.36. The number of aryl methyl sites for hydroxylation is 1. The van der Waals surface area contributed by atoms with E-state index in [0.29, 0.717) is 22.5 Å². The lowest BCUT2D eigenvalue weighted by Gasteiger charge is -2.34. The second kappa shape index (κ2) is 10.4. The monoisotopic (exact) mass is 610 g/mol. The van der Waals surface area contributed by atoms with Gasteiger partial charge >= 0.3 is 12.1 Å². The van der Waals surface area contributed by atoms with E-state index < -0.39 is 30.1 Å². The first-order valence-electron chi connectivity index (χ1n) is 12.4. The third-order valence-electron chi connectivity index (χ3n) is 6.70. The third-order valence-corrected chi connectivity index (χ3v) is 8.44. The smallest absolute Gasteiger partial charge is 0.410 e. The topological polar surface area (TPSA) is 85.2 Å². The van der Waals surface area contributed by atoms with Crippen LogP contribution in [0.1, 0.15) is 81.9 Å². The Balaban J connectivity index is 1.49. The van der Waals surface area contributed by atoms with Crippen molar-refractivity contribution in [1.82, 2.24) is 9.78 Å². The molecule has 1 aliphatic carbocycles. The van der Waals surface area contributed by atoms with E-state index in [1.807, 2.05) is 0 Å². The van der Waals surface area contributed by atoms with Gasteiger partial charge in [-0.05, 0) is 62.8 Å². The van der Waals surface area contributed by atoms with Gasteiger partial charge in [-0.1, -0.05) is 28.1 Å². The van der Waals surface area contributed by atoms with Crippen molar-refractivity contribution < 1.29 is 27.5 Å². The number of esters is 1. The Labute approximate surface area is 229 Å². The summed E-state index contributed by atoms with van der Waals surface area (Å²) in [6.45, 7) is 3.50. The van der Waals surface area contributed by atoms with Gasteiger partial charge in [-0.15, -0.1) is 11.3 Å². The van der Waals surface area contributed by atoms with Crippen molar-refractivity contribution in [3.05, 3.63) is 62.1 Å². The van der Waals surface area contributed by atoms with E-state index in [1.165, 1.54) is 11.3 Å². The molecule has 12 heteroatoms. The first-order valence-corrected chi connectivity index (χ1v) is 14.0. The molecule has 3 aromatic rings. The molecule has 1 aliphatic heterocycles. The molecule has 2 atom stereocenters. The molecule has 0 unspecified atom stereocenters. The van der Waals surface area contributed by atoms with E-state index in [4.69, 9.17) is 4.74 Å². The summed E-state index contributed by atoms with van der Waals surface area (Å²) >= 11 is 4.66. The summed E-state index contributed by atoms with van der Waals surface area (Å²) in [7, 11) is 0. The van der Waals surface area contributed by atoms with Gasteiger partial charge in [0, 0.05) is 15.8 Å². The van der Waals surface area contributed by atoms with Gasteiger partial charge in [0.2, 0.25) is 0 Å². The Morgan fingerprint density at radius 3 is 2.61 bits per heavy atom. The molecule has 0 bridgehead atoms. The number of nitrogens with one attached hydrogen (secondary N) is 2. The summed E-state index contributed by atoms with van der Waals surface area (Å²) in [6.07, 6.45) is -0.629. The molecular formula is C26H26BrF3N4O3S. The Bertz CT molecular complexity index is 1370. The molecule has 38 heavy (non-hydrogen) atoms. The molecule has 3 heterocycles. The van der Waals surface area contributed by atoms with E-state index in [9.17, 15) is 22.8 Å². The molecule has 2 aromatic heterocycles. The van der Waals surface area contributed by atoms with Crippen molar-refractivity contribution in [2.24, 2.45) is 0 Å². The molecule has 0 saturated carbocycles. The zero-order chi connectivity index (χ0) is 27.2. The molecule has 5 rings (SSSR count). The number of benzene rings is 1. The number of hydrogen-bond acceptors (Lipinski definition) is 6. The van der Waals surface area contributed by atoms with E-state index in [-0.39, 0.29) is 23.9 Å². The number of anilines is 2. The Morgan fingerprint density at radius 2 is 1.92 bits per heavy atom. The fourth-order valence-electron chi connectivity index (χ4n) is 4.96. The maximum Gasteiger partial charge on any atom is 0.410 e. The normalized spacial score (nSPS) is 18.9. The van der Waals surface area contributed by atoms with Crippen molar-refractivity contribution in [2.45, 2.75) is 70.3 Å². The number of aromatic nitrogens is 2. The average Bonchev–Trinajstić information content (AvgIpc) is 3.44. The number of halogens is 4. The van der Waals surface area contributed by atoms with E-state index in [1.54, 1.807) is 38.1 Å². The number of alkyl halides is 3. The molecule has 1 amide bonds. The summed E-state index contributed by atoms with van der Waals surface area (Å²) < 4.78 is 49.3. The molecule has 2 N–H and O–H groups in total. The number of thiophene rings is 1. The van der Waals surface area contributed by atoms with Crippen LogP contribution in [0.5, 0.6) is 0 Å². The van der Waals surface area contributed by atoms with E-state index >= 15 is 0 Å². The van der Waals surface area contributed by atoms with Gasteiger partial charge in [0.15, 0.2) is 6.04 Å². The van der Waals surface area contributed by atoms with Gasteiger partial charge in [-0.3, -0.25) is 4.79 Å². The van der Waals surface area contributed by atoms with Crippen molar-refractivity contribution in [3.8, 4) is 0 Å². The van der Waals surface area contributed by atoms with Crippen LogP contribution in [-0.4, -0.2) is 33.9 Å². The van der Waals surface area contributed by atoms with Crippen molar-refractivity contribution >= 4 is 50.0 Å². The number of nitrogens with zero attached hydrogens (tertiary/aromatic N) is 2. The highest BCUT2D eigenvalue weighted by atomic mass is 79.9. The first kappa shape index (κ1) is 26.7. The average molecular weight is 611 g/mol. The zero-order valence-corrected chi connectivity index (χ0v) is 23.1. The van der Waals surface area contributed by atoms with E-state index in [2.05, 4.69) is 31.7 Å². The summed E-state index contributed by atoms with van der Waals surface area (Å²) in [5.41, 5.74) is 1.84. The van der Waals surface area contributed by atoms with Crippen LogP contribution >= 0.6 is 27.3 Å². The van der Waals surface area contributed by atoms with Crippen LogP contribution in [0.2, 0.25) is 0 Å². The fraction of sp³-hybridized carbons (Fsp3) is 0.423. The van der Waals surface area contributed by atoms with Crippen LogP contribution in [0.15, 0.2) is 34.9 Å². The maximum atomic E-state index is 14.1. The lowest BCUT2D eigenvalue weighted by molar-refractivity contribution is -0.173. The van der Waals surface area contributed by atoms with Crippen LogP contribution in [0.3, 0.4) is 0 Å². The van der Waals surface area contributed by atoms with Gasteiger partial charge < -0.3 is 15.4 Å². The van der Waals surface area contributed by atoms with Crippen molar-refractivity contribution in [2.75, 3.05) is 10.6 Å². The predicted molar refractivity (Wildman–Crippen MR) is 142 cm³/mol. The minimum atomic E-state index is -4.56. The van der Waals surface area contributed by atoms with E-state index in [0.717, 1.165) is 45.1 Å². The molecule has 2 aliphatic rings. The lowest BCUT2D eigenvalue weighted by atomic mass is 9.95. The van der Waals surface area contributed by atoms with Gasteiger partial charge in [-0.25, -0.2) is 9.48 Å². The van der Waals surface area contributed by atoms with Gasteiger partial charge in [-0.2, -0.15) is 18.3 Å². The summed E-state index contributed by atoms with van der Waals surface area (Å²) in [5, 5.41) is 10.2. The number of fused-ring (bicyclic) bond motifs is 2. The van der Waals surface area contributed by atoms with Crippen LogP contribution in [0, 0.1) is 0 Å². The van der Waals surface area contributed by atoms with Crippen molar-refractivity contribution in [1.29, 1.82) is 0 Å². The largest absolute Gasteiger partial charge is 0.459 e. The second-order valence-corrected chi connectivity index (χ2v) is 11.7. The Morgan fingerprint density at radius 1 is 1.21 bits per heavy atom. The predicted octanol–water partition coefficient (Wildman–Crippen LogP) is 7.06. The third kappa shape index (κ3) is 5.20. The van der Waals surface area contributed by atoms with Crippen LogP contribution in [0.25, 0.3) is 0 Å². The number of hydrogen-bond donors (Lipinski definition) is 2. The highest BCUT2D eigenvalue weighted by Gasteiger charge is 2.47. The molecule has 1 aromatic carbocycles.